The van der Waals surface area contributed by atoms with Crippen molar-refractivity contribution in [3.8, 4) is 0 Å². The Hall–Kier alpha value is -1.39. The van der Waals surface area contributed by atoms with Crippen molar-refractivity contribution in [1.29, 1.82) is 0 Å². The number of nitrogens with zero attached hydrogens (tertiary/aromatic N) is 1. The second kappa shape index (κ2) is 8.91. The zero-order valence-electron chi connectivity index (χ0n) is 13.5. The quantitative estimate of drug-likeness (QED) is 0.788. The Morgan fingerprint density at radius 3 is 2.64 bits per heavy atom. The summed E-state index contributed by atoms with van der Waals surface area (Å²) >= 11 is 0. The summed E-state index contributed by atoms with van der Waals surface area (Å²) in [6, 6.07) is 10.2. The van der Waals surface area contributed by atoms with Gasteiger partial charge in [0.25, 0.3) is 0 Å². The molecule has 22 heavy (non-hydrogen) atoms. The van der Waals surface area contributed by atoms with Crippen LogP contribution in [0.2, 0.25) is 0 Å². The molecule has 0 spiro atoms. The van der Waals surface area contributed by atoms with Crippen molar-refractivity contribution >= 4 is 5.91 Å². The highest BCUT2D eigenvalue weighted by Gasteiger charge is 2.28. The highest BCUT2D eigenvalue weighted by Crippen LogP contribution is 2.25. The number of hydrogen-bond acceptors (Lipinski definition) is 3. The maximum absolute atomic E-state index is 12.4. The number of benzene rings is 1. The Morgan fingerprint density at radius 1 is 1.18 bits per heavy atom. The Balaban J connectivity index is 1.84. The van der Waals surface area contributed by atoms with Crippen LogP contribution < -0.4 is 5.73 Å². The number of nitrogens with two attached hydrogens (primary N) is 1. The van der Waals surface area contributed by atoms with Gasteiger partial charge in [0, 0.05) is 13.0 Å². The first-order valence-corrected chi connectivity index (χ1v) is 8.39. The number of ether oxygens (including phenoxy) is 1. The Kier molecular flexibility index (Phi) is 6.87. The first-order valence-electron chi connectivity index (χ1n) is 8.39. The van der Waals surface area contributed by atoms with Gasteiger partial charge >= 0.3 is 0 Å². The lowest BCUT2D eigenvalue weighted by Crippen LogP contribution is -2.45. The number of morpholine rings is 1. The summed E-state index contributed by atoms with van der Waals surface area (Å²) in [6.07, 6.45) is 4.94. The summed E-state index contributed by atoms with van der Waals surface area (Å²) in [6.45, 7) is 4.14. The van der Waals surface area contributed by atoms with E-state index < -0.39 is 0 Å². The predicted molar refractivity (Wildman–Crippen MR) is 88.4 cm³/mol. The van der Waals surface area contributed by atoms with Crippen LogP contribution in [0, 0.1) is 0 Å². The smallest absolute Gasteiger partial charge is 0.222 e. The van der Waals surface area contributed by atoms with Crippen LogP contribution >= 0.6 is 0 Å². The van der Waals surface area contributed by atoms with E-state index in [-0.39, 0.29) is 18.1 Å². The van der Waals surface area contributed by atoms with Crippen LogP contribution in [-0.2, 0) is 9.53 Å². The summed E-state index contributed by atoms with van der Waals surface area (Å²) in [4.78, 5) is 14.4. The molecule has 1 aliphatic heterocycles. The molecular weight excluding hydrogens is 276 g/mol. The van der Waals surface area contributed by atoms with Gasteiger partial charge in [0.05, 0.1) is 12.6 Å². The summed E-state index contributed by atoms with van der Waals surface area (Å²) in [5, 5.41) is 0. The van der Waals surface area contributed by atoms with Gasteiger partial charge in [0.1, 0.15) is 6.10 Å². The summed E-state index contributed by atoms with van der Waals surface area (Å²) < 4.78 is 6.00. The highest BCUT2D eigenvalue weighted by atomic mass is 16.5. The number of unbranched alkanes of at least 4 members (excludes halogenated alkanes) is 3. The lowest BCUT2D eigenvalue weighted by molar-refractivity contribution is -0.145. The largest absolute Gasteiger partial charge is 0.367 e. The number of carbonyl (C=O) groups is 1. The monoisotopic (exact) mass is 304 g/mol. The number of carbonyl (C=O) groups excluding carboxylic acids is 1. The maximum Gasteiger partial charge on any atom is 0.222 e. The lowest BCUT2D eigenvalue weighted by atomic mass is 10.1. The molecule has 0 radical (unpaired) electrons. The van der Waals surface area contributed by atoms with Crippen LogP contribution in [-0.4, -0.2) is 36.5 Å². The summed E-state index contributed by atoms with van der Waals surface area (Å²) in [5.41, 5.74) is 6.63. The molecule has 1 amide bonds. The first-order chi connectivity index (χ1) is 10.7. The average molecular weight is 304 g/mol. The Labute approximate surface area is 133 Å². The second-order valence-electron chi connectivity index (χ2n) is 6.10. The van der Waals surface area contributed by atoms with E-state index in [9.17, 15) is 4.79 Å². The van der Waals surface area contributed by atoms with Crippen molar-refractivity contribution in [3.05, 3.63) is 35.9 Å². The molecule has 1 saturated heterocycles. The molecule has 2 unspecified atom stereocenters. The molecule has 1 aromatic carbocycles. The van der Waals surface area contributed by atoms with Crippen molar-refractivity contribution in [2.45, 2.75) is 51.2 Å². The van der Waals surface area contributed by atoms with Gasteiger partial charge in [-0.05, 0) is 31.9 Å². The molecule has 2 atom stereocenters. The van der Waals surface area contributed by atoms with Crippen molar-refractivity contribution < 1.29 is 9.53 Å². The molecule has 1 fully saturated rings. The van der Waals surface area contributed by atoms with Crippen LogP contribution in [0.5, 0.6) is 0 Å². The molecule has 0 bridgehead atoms. The summed E-state index contributed by atoms with van der Waals surface area (Å²) in [5.74, 6) is 0.254. The molecule has 4 nitrogen and oxygen atoms in total. The normalized spacial score (nSPS) is 21.8. The van der Waals surface area contributed by atoms with E-state index in [1.54, 1.807) is 0 Å². The minimum atomic E-state index is -0.00820. The minimum absolute atomic E-state index is 0.00820. The van der Waals surface area contributed by atoms with E-state index in [1.807, 2.05) is 30.0 Å². The third-order valence-electron chi connectivity index (χ3n) is 4.13. The molecule has 1 heterocycles. The van der Waals surface area contributed by atoms with Crippen LogP contribution in [0.3, 0.4) is 0 Å². The van der Waals surface area contributed by atoms with E-state index in [1.165, 1.54) is 0 Å². The van der Waals surface area contributed by atoms with Gasteiger partial charge in [0.15, 0.2) is 0 Å². The molecule has 2 rings (SSSR count). The van der Waals surface area contributed by atoms with Gasteiger partial charge in [0.2, 0.25) is 5.91 Å². The zero-order chi connectivity index (χ0) is 15.8. The lowest BCUT2D eigenvalue weighted by Gasteiger charge is -2.37. The first kappa shape index (κ1) is 17.0. The SMILES string of the molecule is CC1CN(C(=O)CCCCCCN)CC(c2ccccc2)O1. The third-order valence-corrected chi connectivity index (χ3v) is 4.13. The molecule has 122 valence electrons. The molecule has 2 N–H and O–H groups in total. The van der Waals surface area contributed by atoms with Crippen molar-refractivity contribution in [3.63, 3.8) is 0 Å². The Bertz CT molecular complexity index is 450. The third kappa shape index (κ3) is 5.11. The zero-order valence-corrected chi connectivity index (χ0v) is 13.5. The number of hydrogen-bond donors (Lipinski definition) is 1. The van der Waals surface area contributed by atoms with E-state index >= 15 is 0 Å². The van der Waals surface area contributed by atoms with Crippen molar-refractivity contribution in [2.75, 3.05) is 19.6 Å². The molecule has 0 aromatic heterocycles. The van der Waals surface area contributed by atoms with Gasteiger partial charge in [-0.15, -0.1) is 0 Å². The fraction of sp³-hybridized carbons (Fsp3) is 0.611. The fourth-order valence-electron chi connectivity index (χ4n) is 2.94. The maximum atomic E-state index is 12.4. The van der Waals surface area contributed by atoms with Crippen molar-refractivity contribution in [2.24, 2.45) is 5.73 Å². The van der Waals surface area contributed by atoms with Crippen LogP contribution in [0.1, 0.15) is 50.7 Å². The Morgan fingerprint density at radius 2 is 1.91 bits per heavy atom. The fourth-order valence-corrected chi connectivity index (χ4v) is 2.94. The molecule has 0 saturated carbocycles. The molecule has 4 heteroatoms. The summed E-state index contributed by atoms with van der Waals surface area (Å²) in [7, 11) is 0. The van der Waals surface area contributed by atoms with Gasteiger partial charge in [-0.25, -0.2) is 0 Å². The molecule has 0 aliphatic carbocycles. The van der Waals surface area contributed by atoms with Crippen LogP contribution in [0.4, 0.5) is 0 Å². The molecule has 1 aromatic rings. The van der Waals surface area contributed by atoms with Crippen molar-refractivity contribution in [1.82, 2.24) is 4.90 Å². The second-order valence-corrected chi connectivity index (χ2v) is 6.10. The highest BCUT2D eigenvalue weighted by molar-refractivity contribution is 5.76. The van der Waals surface area contributed by atoms with E-state index in [2.05, 4.69) is 12.1 Å². The van der Waals surface area contributed by atoms with E-state index in [4.69, 9.17) is 10.5 Å². The molecular formula is C18H28N2O2. The predicted octanol–water partition coefficient (Wildman–Crippen LogP) is 2.88. The van der Waals surface area contributed by atoms with Crippen LogP contribution in [0.15, 0.2) is 30.3 Å². The average Bonchev–Trinajstić information content (AvgIpc) is 2.54. The van der Waals surface area contributed by atoms with E-state index in [0.717, 1.165) is 37.8 Å². The standard InChI is InChI=1S/C18H28N2O2/c1-15-13-20(18(21)11-7-2-3-8-12-19)14-17(22-15)16-9-5-4-6-10-16/h4-6,9-10,15,17H,2-3,7-8,11-14,19H2,1H3. The topological polar surface area (TPSA) is 55.6 Å². The van der Waals surface area contributed by atoms with E-state index in [0.29, 0.717) is 19.5 Å². The van der Waals surface area contributed by atoms with Gasteiger partial charge in [-0.1, -0.05) is 43.2 Å². The van der Waals surface area contributed by atoms with Gasteiger partial charge in [-0.2, -0.15) is 0 Å². The van der Waals surface area contributed by atoms with Gasteiger partial charge in [-0.3, -0.25) is 4.79 Å². The molecule has 1 aliphatic rings. The minimum Gasteiger partial charge on any atom is -0.367 e. The number of rotatable bonds is 7. The number of amides is 1. The van der Waals surface area contributed by atoms with Gasteiger partial charge < -0.3 is 15.4 Å². The van der Waals surface area contributed by atoms with Crippen LogP contribution in [0.25, 0.3) is 0 Å².